The molecule has 72 valence electrons. The van der Waals surface area contributed by atoms with Crippen molar-refractivity contribution in [3.63, 3.8) is 0 Å². The average Bonchev–Trinajstić information content (AvgIpc) is 2.23. The fraction of sp³-hybridized carbons (Fsp3) is 0.273. The molecule has 14 heavy (non-hydrogen) atoms. The van der Waals surface area contributed by atoms with Crippen LogP contribution < -0.4 is 0 Å². The van der Waals surface area contributed by atoms with E-state index < -0.39 is 0 Å². The predicted molar refractivity (Wildman–Crippen MR) is 58.7 cm³/mol. The van der Waals surface area contributed by atoms with Crippen molar-refractivity contribution in [3.05, 3.63) is 35.9 Å². The maximum atomic E-state index is 4.19. The molecule has 0 fully saturated rings. The smallest absolute Gasteiger partial charge is 0.124 e. The first kappa shape index (κ1) is 8.94. The molecule has 1 aromatic carbocycles. The van der Waals surface area contributed by atoms with Crippen LogP contribution in [0.25, 0.3) is 0 Å². The van der Waals surface area contributed by atoms with E-state index in [1.54, 1.807) is 0 Å². The Morgan fingerprint density at radius 2 is 1.86 bits per heavy atom. The van der Waals surface area contributed by atoms with Gasteiger partial charge in [-0.3, -0.25) is 0 Å². The average molecular weight is 187 g/mol. The van der Waals surface area contributed by atoms with Crippen LogP contribution in [-0.2, 0) is 0 Å². The highest BCUT2D eigenvalue weighted by atomic mass is 15.3. The number of nitrogens with zero attached hydrogens (tertiary/aromatic N) is 3. The number of hydrogen-bond acceptors (Lipinski definition) is 3. The Labute approximate surface area is 83.8 Å². The summed E-state index contributed by atoms with van der Waals surface area (Å²) in [6.45, 7) is 2.80. The Hall–Kier alpha value is -1.64. The lowest BCUT2D eigenvalue weighted by atomic mass is 10.1. The minimum atomic E-state index is 0.833. The van der Waals surface area contributed by atoms with E-state index in [-0.39, 0.29) is 0 Å². The van der Waals surface area contributed by atoms with E-state index in [1.807, 2.05) is 32.2 Å². The number of benzene rings is 1. The van der Waals surface area contributed by atoms with Gasteiger partial charge in [-0.25, -0.2) is 0 Å². The Morgan fingerprint density at radius 3 is 2.50 bits per heavy atom. The van der Waals surface area contributed by atoms with Crippen LogP contribution >= 0.6 is 0 Å². The highest BCUT2D eigenvalue weighted by Crippen LogP contribution is 2.07. The molecule has 1 heterocycles. The summed E-state index contributed by atoms with van der Waals surface area (Å²) >= 11 is 0. The van der Waals surface area contributed by atoms with Crippen LogP contribution in [0.3, 0.4) is 0 Å². The van der Waals surface area contributed by atoms with Gasteiger partial charge in [0.05, 0.1) is 12.3 Å². The SMILES string of the molecule is CC1=NN=C(c2ccccc2)CN1C. The molecule has 0 saturated heterocycles. The van der Waals surface area contributed by atoms with Gasteiger partial charge in [-0.15, -0.1) is 5.10 Å². The second-order valence-electron chi connectivity index (χ2n) is 3.42. The molecule has 0 spiro atoms. The lowest BCUT2D eigenvalue weighted by Gasteiger charge is -2.22. The lowest BCUT2D eigenvalue weighted by Crippen LogP contribution is -2.33. The second kappa shape index (κ2) is 3.62. The molecule has 1 aliphatic heterocycles. The molecule has 0 saturated carbocycles. The molecule has 1 aliphatic rings. The molecule has 0 atom stereocenters. The van der Waals surface area contributed by atoms with E-state index in [0.717, 1.165) is 23.7 Å². The second-order valence-corrected chi connectivity index (χ2v) is 3.42. The highest BCUT2D eigenvalue weighted by molar-refractivity contribution is 6.05. The third-order valence-corrected chi connectivity index (χ3v) is 2.36. The van der Waals surface area contributed by atoms with E-state index in [1.165, 1.54) is 0 Å². The first-order valence-corrected chi connectivity index (χ1v) is 4.65. The molecule has 1 aromatic rings. The molecule has 0 bridgehead atoms. The summed E-state index contributed by atoms with van der Waals surface area (Å²) in [4.78, 5) is 2.09. The highest BCUT2D eigenvalue weighted by Gasteiger charge is 2.12. The summed E-state index contributed by atoms with van der Waals surface area (Å²) in [5.41, 5.74) is 2.18. The van der Waals surface area contributed by atoms with Crippen LogP contribution in [0.4, 0.5) is 0 Å². The Balaban J connectivity index is 2.30. The topological polar surface area (TPSA) is 28.0 Å². The summed E-state index contributed by atoms with van der Waals surface area (Å²) in [5, 5.41) is 8.29. The van der Waals surface area contributed by atoms with E-state index >= 15 is 0 Å². The quantitative estimate of drug-likeness (QED) is 0.658. The van der Waals surface area contributed by atoms with Crippen molar-refractivity contribution in [2.75, 3.05) is 13.6 Å². The molecule has 0 N–H and O–H groups in total. The van der Waals surface area contributed by atoms with Gasteiger partial charge < -0.3 is 4.90 Å². The first-order valence-electron chi connectivity index (χ1n) is 4.65. The van der Waals surface area contributed by atoms with Crippen molar-refractivity contribution < 1.29 is 0 Å². The normalized spacial score (nSPS) is 16.3. The minimum Gasteiger partial charge on any atom is -0.356 e. The predicted octanol–water partition coefficient (Wildman–Crippen LogP) is 1.75. The summed E-state index contributed by atoms with van der Waals surface area (Å²) in [6.07, 6.45) is 0. The van der Waals surface area contributed by atoms with Crippen molar-refractivity contribution in [1.82, 2.24) is 4.90 Å². The lowest BCUT2D eigenvalue weighted by molar-refractivity contribution is 0.563. The van der Waals surface area contributed by atoms with Crippen LogP contribution in [0.2, 0.25) is 0 Å². The van der Waals surface area contributed by atoms with Crippen LogP contribution in [-0.4, -0.2) is 30.0 Å². The van der Waals surface area contributed by atoms with Crippen molar-refractivity contribution in [1.29, 1.82) is 0 Å². The van der Waals surface area contributed by atoms with Gasteiger partial charge in [-0.1, -0.05) is 30.3 Å². The molecule has 3 heteroatoms. The van der Waals surface area contributed by atoms with Gasteiger partial charge in [0, 0.05) is 7.05 Å². The third kappa shape index (κ3) is 1.66. The number of rotatable bonds is 1. The van der Waals surface area contributed by atoms with Gasteiger partial charge >= 0.3 is 0 Å². The Bertz CT molecular complexity index is 379. The number of amidine groups is 1. The summed E-state index contributed by atoms with van der Waals surface area (Å²) in [6, 6.07) is 10.2. The fourth-order valence-electron chi connectivity index (χ4n) is 1.36. The Kier molecular flexibility index (Phi) is 2.31. The van der Waals surface area contributed by atoms with Crippen molar-refractivity contribution >= 4 is 11.5 Å². The standard InChI is InChI=1S/C11H13N3/c1-9-12-13-11(8-14(9)2)10-6-4-3-5-7-10/h3-7H,8H2,1-2H3. The Morgan fingerprint density at radius 1 is 1.14 bits per heavy atom. The van der Waals surface area contributed by atoms with Gasteiger partial charge in [0.15, 0.2) is 0 Å². The fourth-order valence-corrected chi connectivity index (χ4v) is 1.36. The zero-order valence-corrected chi connectivity index (χ0v) is 8.44. The van der Waals surface area contributed by atoms with Crippen molar-refractivity contribution in [3.8, 4) is 0 Å². The first-order chi connectivity index (χ1) is 6.77. The van der Waals surface area contributed by atoms with Gasteiger partial charge in [0.2, 0.25) is 0 Å². The van der Waals surface area contributed by atoms with E-state index in [9.17, 15) is 0 Å². The van der Waals surface area contributed by atoms with Gasteiger partial charge in [-0.05, 0) is 12.5 Å². The molecule has 0 radical (unpaired) electrons. The maximum Gasteiger partial charge on any atom is 0.124 e. The molecule has 0 aromatic heterocycles. The molecule has 2 rings (SSSR count). The minimum absolute atomic E-state index is 0.833. The molecule has 3 nitrogen and oxygen atoms in total. The monoisotopic (exact) mass is 187 g/mol. The molecular weight excluding hydrogens is 174 g/mol. The van der Waals surface area contributed by atoms with Crippen LogP contribution in [0.1, 0.15) is 12.5 Å². The van der Waals surface area contributed by atoms with Crippen molar-refractivity contribution in [2.45, 2.75) is 6.92 Å². The zero-order chi connectivity index (χ0) is 9.97. The molecule has 0 amide bonds. The summed E-state index contributed by atoms with van der Waals surface area (Å²) < 4.78 is 0. The van der Waals surface area contributed by atoms with E-state index in [2.05, 4.69) is 27.2 Å². The van der Waals surface area contributed by atoms with Crippen LogP contribution in [0.15, 0.2) is 40.5 Å². The summed E-state index contributed by atoms with van der Waals surface area (Å²) in [7, 11) is 2.02. The van der Waals surface area contributed by atoms with E-state index in [4.69, 9.17) is 0 Å². The van der Waals surface area contributed by atoms with Gasteiger partial charge in [0.25, 0.3) is 0 Å². The number of hydrogen-bond donors (Lipinski definition) is 0. The molecular formula is C11H13N3. The van der Waals surface area contributed by atoms with Gasteiger partial charge in [0.1, 0.15) is 5.84 Å². The van der Waals surface area contributed by atoms with E-state index in [0.29, 0.717) is 0 Å². The molecule has 0 unspecified atom stereocenters. The maximum absolute atomic E-state index is 4.19. The number of likely N-dealkylation sites (N-methyl/N-ethyl adjacent to an activating group) is 1. The van der Waals surface area contributed by atoms with Gasteiger partial charge in [-0.2, -0.15) is 5.10 Å². The van der Waals surface area contributed by atoms with Crippen molar-refractivity contribution in [2.24, 2.45) is 10.2 Å². The molecule has 0 aliphatic carbocycles. The largest absolute Gasteiger partial charge is 0.356 e. The van der Waals surface area contributed by atoms with Crippen LogP contribution in [0, 0.1) is 0 Å². The zero-order valence-electron chi connectivity index (χ0n) is 8.44. The van der Waals surface area contributed by atoms with Crippen LogP contribution in [0.5, 0.6) is 0 Å². The summed E-state index contributed by atoms with van der Waals surface area (Å²) in [5.74, 6) is 0.963. The third-order valence-electron chi connectivity index (χ3n) is 2.36.